The molecule has 5 heteroatoms. The van der Waals surface area contributed by atoms with Crippen molar-refractivity contribution in [3.8, 4) is 0 Å². The highest BCUT2D eigenvalue weighted by atomic mass is 19.1. The summed E-state index contributed by atoms with van der Waals surface area (Å²) < 4.78 is 13.9. The second-order valence-corrected chi connectivity index (χ2v) is 4.54. The Bertz CT molecular complexity index is 458. The molecule has 0 amide bonds. The van der Waals surface area contributed by atoms with E-state index in [4.69, 9.17) is 10.9 Å². The second-order valence-electron chi connectivity index (χ2n) is 4.54. The topological polar surface area (TPSA) is 61.8 Å². The molecule has 0 radical (unpaired) electrons. The number of benzene rings is 1. The molecule has 0 heterocycles. The smallest absolute Gasteiger partial charge is 0.175 e. The van der Waals surface area contributed by atoms with Gasteiger partial charge in [-0.3, -0.25) is 0 Å². The van der Waals surface area contributed by atoms with Gasteiger partial charge in [0.15, 0.2) is 5.84 Å². The Morgan fingerprint density at radius 2 is 2.28 bits per heavy atom. The van der Waals surface area contributed by atoms with Gasteiger partial charge in [0.25, 0.3) is 0 Å². The molecule has 98 valence electrons. The third-order valence-electron chi connectivity index (χ3n) is 3.12. The molecule has 0 spiro atoms. The van der Waals surface area contributed by atoms with Crippen molar-refractivity contribution in [1.29, 1.82) is 0 Å². The molecule has 4 nitrogen and oxygen atoms in total. The van der Waals surface area contributed by atoms with Crippen LogP contribution < -0.4 is 10.6 Å². The predicted octanol–water partition coefficient (Wildman–Crippen LogP) is 2.30. The van der Waals surface area contributed by atoms with Crippen LogP contribution in [0.3, 0.4) is 0 Å². The summed E-state index contributed by atoms with van der Waals surface area (Å²) in [6, 6.07) is 5.26. The predicted molar refractivity (Wildman–Crippen MR) is 69.6 cm³/mol. The molecule has 1 saturated carbocycles. The maximum absolute atomic E-state index is 13.9. The Balaban J connectivity index is 2.44. The van der Waals surface area contributed by atoms with Gasteiger partial charge in [-0.15, -0.1) is 0 Å². The molecular weight excluding hydrogens is 233 g/mol. The summed E-state index contributed by atoms with van der Waals surface area (Å²) in [7, 11) is 0. The Hall–Kier alpha value is -1.78. The lowest BCUT2D eigenvalue weighted by atomic mass is 10.1. The zero-order valence-corrected chi connectivity index (χ0v) is 10.4. The van der Waals surface area contributed by atoms with E-state index in [1.54, 1.807) is 6.07 Å². The average molecular weight is 251 g/mol. The third kappa shape index (κ3) is 2.39. The van der Waals surface area contributed by atoms with Crippen LogP contribution in [0.5, 0.6) is 0 Å². The Kier molecular flexibility index (Phi) is 3.69. The molecule has 0 saturated heterocycles. The molecule has 1 aliphatic carbocycles. The molecular formula is C13H18FN3O. The van der Waals surface area contributed by atoms with Crippen molar-refractivity contribution in [3.63, 3.8) is 0 Å². The van der Waals surface area contributed by atoms with E-state index >= 15 is 0 Å². The minimum atomic E-state index is -0.454. The Labute approximate surface area is 106 Å². The van der Waals surface area contributed by atoms with Crippen LogP contribution in [0.25, 0.3) is 0 Å². The van der Waals surface area contributed by atoms with Crippen LogP contribution in [-0.4, -0.2) is 23.6 Å². The van der Waals surface area contributed by atoms with Crippen molar-refractivity contribution < 1.29 is 9.60 Å². The van der Waals surface area contributed by atoms with Gasteiger partial charge >= 0.3 is 0 Å². The Morgan fingerprint density at radius 1 is 1.56 bits per heavy atom. The number of nitrogens with two attached hydrogens (primary N) is 1. The first-order chi connectivity index (χ1) is 8.69. The zero-order valence-electron chi connectivity index (χ0n) is 10.4. The molecule has 3 N–H and O–H groups in total. The molecule has 1 aliphatic rings. The minimum absolute atomic E-state index is 0.176. The highest BCUT2D eigenvalue weighted by molar-refractivity contribution is 6.02. The summed E-state index contributed by atoms with van der Waals surface area (Å²) in [4.78, 5) is 2.15. The van der Waals surface area contributed by atoms with Gasteiger partial charge in [-0.05, 0) is 31.4 Å². The number of hydrogen-bond donors (Lipinski definition) is 2. The highest BCUT2D eigenvalue weighted by Gasteiger charge is 2.31. The van der Waals surface area contributed by atoms with Crippen molar-refractivity contribution >= 4 is 11.5 Å². The summed E-state index contributed by atoms with van der Waals surface area (Å²) in [5.41, 5.74) is 6.50. The van der Waals surface area contributed by atoms with E-state index in [9.17, 15) is 4.39 Å². The summed E-state index contributed by atoms with van der Waals surface area (Å²) in [6.07, 6.45) is 3.21. The van der Waals surface area contributed by atoms with E-state index < -0.39 is 5.82 Å². The maximum Gasteiger partial charge on any atom is 0.175 e. The van der Waals surface area contributed by atoms with E-state index in [1.807, 2.05) is 6.07 Å². The minimum Gasteiger partial charge on any atom is -0.409 e. The number of nitrogens with zero attached hydrogens (tertiary/aromatic N) is 2. The van der Waals surface area contributed by atoms with Gasteiger partial charge in [0.1, 0.15) is 5.82 Å². The highest BCUT2D eigenvalue weighted by Crippen LogP contribution is 2.34. The van der Waals surface area contributed by atoms with Gasteiger partial charge in [0.2, 0.25) is 0 Å². The van der Waals surface area contributed by atoms with E-state index in [1.165, 1.54) is 6.07 Å². The van der Waals surface area contributed by atoms with Gasteiger partial charge in [-0.25, -0.2) is 4.39 Å². The van der Waals surface area contributed by atoms with Crippen LogP contribution in [-0.2, 0) is 0 Å². The molecule has 0 unspecified atom stereocenters. The summed E-state index contributed by atoms with van der Waals surface area (Å²) in [5, 5.41) is 11.7. The van der Waals surface area contributed by atoms with Gasteiger partial charge in [-0.2, -0.15) is 0 Å². The molecule has 0 bridgehead atoms. The fraction of sp³-hybridized carbons (Fsp3) is 0.462. The summed E-state index contributed by atoms with van der Waals surface area (Å²) >= 11 is 0. The van der Waals surface area contributed by atoms with Crippen LogP contribution in [0.15, 0.2) is 23.4 Å². The van der Waals surface area contributed by atoms with Crippen molar-refractivity contribution in [1.82, 2.24) is 0 Å². The van der Waals surface area contributed by atoms with Gasteiger partial charge < -0.3 is 15.8 Å². The van der Waals surface area contributed by atoms with E-state index in [-0.39, 0.29) is 11.4 Å². The molecule has 0 atom stereocenters. The van der Waals surface area contributed by atoms with Gasteiger partial charge in [0, 0.05) is 12.6 Å². The molecule has 1 aromatic carbocycles. The van der Waals surface area contributed by atoms with Gasteiger partial charge in [0.05, 0.1) is 11.3 Å². The lowest BCUT2D eigenvalue weighted by molar-refractivity contribution is 0.318. The quantitative estimate of drug-likeness (QED) is 0.365. The van der Waals surface area contributed by atoms with E-state index in [2.05, 4.69) is 17.0 Å². The van der Waals surface area contributed by atoms with E-state index in [0.717, 1.165) is 31.5 Å². The van der Waals surface area contributed by atoms with Crippen molar-refractivity contribution in [2.75, 3.05) is 11.4 Å². The molecule has 1 fully saturated rings. The number of halogens is 1. The zero-order chi connectivity index (χ0) is 13.1. The first-order valence-electron chi connectivity index (χ1n) is 6.22. The van der Waals surface area contributed by atoms with Gasteiger partial charge in [-0.1, -0.05) is 18.1 Å². The monoisotopic (exact) mass is 251 g/mol. The van der Waals surface area contributed by atoms with E-state index in [0.29, 0.717) is 6.04 Å². The number of oxime groups is 1. The van der Waals surface area contributed by atoms with Crippen LogP contribution in [0.4, 0.5) is 10.1 Å². The van der Waals surface area contributed by atoms with Crippen molar-refractivity contribution in [2.45, 2.75) is 32.2 Å². The molecule has 2 rings (SSSR count). The lowest BCUT2D eigenvalue weighted by Gasteiger charge is -2.26. The largest absolute Gasteiger partial charge is 0.409 e. The average Bonchev–Trinajstić information content (AvgIpc) is 3.19. The molecule has 1 aromatic rings. The summed E-state index contributed by atoms with van der Waals surface area (Å²) in [5.74, 6) is -0.630. The standard InChI is InChI=1S/C13H18FN3O/c1-2-8-17(9-6-7-9)11-5-3-4-10(14)12(11)13(15)16-18/h3-5,9,18H,2,6-8H2,1H3,(H2,15,16). The van der Waals surface area contributed by atoms with Crippen molar-refractivity contribution in [3.05, 3.63) is 29.6 Å². The SMILES string of the molecule is CCCN(c1cccc(F)c1C(N)=NO)C1CC1. The second kappa shape index (κ2) is 5.25. The summed E-state index contributed by atoms with van der Waals surface area (Å²) in [6.45, 7) is 2.93. The molecule has 0 aromatic heterocycles. The Morgan fingerprint density at radius 3 is 2.83 bits per heavy atom. The first-order valence-corrected chi connectivity index (χ1v) is 6.22. The van der Waals surface area contributed by atoms with Crippen LogP contribution in [0, 0.1) is 5.82 Å². The maximum atomic E-state index is 13.9. The van der Waals surface area contributed by atoms with Crippen LogP contribution >= 0.6 is 0 Å². The number of hydrogen-bond acceptors (Lipinski definition) is 3. The normalized spacial score (nSPS) is 15.8. The van der Waals surface area contributed by atoms with Crippen LogP contribution in [0.2, 0.25) is 0 Å². The first kappa shape index (κ1) is 12.7. The number of amidine groups is 1. The van der Waals surface area contributed by atoms with Crippen molar-refractivity contribution in [2.24, 2.45) is 10.9 Å². The lowest BCUT2D eigenvalue weighted by Crippen LogP contribution is -2.30. The fourth-order valence-corrected chi connectivity index (χ4v) is 2.18. The fourth-order valence-electron chi connectivity index (χ4n) is 2.18. The number of rotatable bonds is 5. The number of anilines is 1. The molecule has 18 heavy (non-hydrogen) atoms. The van der Waals surface area contributed by atoms with Crippen LogP contribution in [0.1, 0.15) is 31.7 Å². The molecule has 0 aliphatic heterocycles. The third-order valence-corrected chi connectivity index (χ3v) is 3.12.